The lowest BCUT2D eigenvalue weighted by Gasteiger charge is -2.38. The van der Waals surface area contributed by atoms with Gasteiger partial charge in [-0.3, -0.25) is 14.1 Å². The zero-order valence-electron chi connectivity index (χ0n) is 30.9. The number of aliphatic hydroxyl groups is 1. The smallest absolute Gasteiger partial charge is 0.310 e. The van der Waals surface area contributed by atoms with Crippen LogP contribution in [0.5, 0.6) is 0 Å². The lowest BCUT2D eigenvalue weighted by Crippen LogP contribution is -2.57. The minimum atomic E-state index is -0.637. The van der Waals surface area contributed by atoms with Gasteiger partial charge in [0.25, 0.3) is 6.23 Å². The number of rotatable bonds is 34. The van der Waals surface area contributed by atoms with Crippen molar-refractivity contribution < 1.29 is 28.7 Å². The third kappa shape index (κ3) is 27.7. The van der Waals surface area contributed by atoms with Crippen molar-refractivity contribution in [3.63, 3.8) is 0 Å². The van der Waals surface area contributed by atoms with Crippen molar-refractivity contribution >= 4 is 11.9 Å². The second-order valence-corrected chi connectivity index (χ2v) is 14.3. The standard InChI is InChI=1S/C39H78NO5/c1-6-8-10-12-14-16-18-20-22-24-26-28-30-32-37(42)44-36(3)39(40(4,5)34-35-41)45-38(43)33-31-29-27-25-23-21-19-17-15-13-11-9-7-2/h36,39,41H,6-35H2,1-5H3/q+1. The maximum atomic E-state index is 12.8. The number of aliphatic hydroxyl groups excluding tert-OH is 1. The van der Waals surface area contributed by atoms with Crippen LogP contribution in [0.25, 0.3) is 0 Å². The van der Waals surface area contributed by atoms with Crippen molar-refractivity contribution in [1.29, 1.82) is 0 Å². The fourth-order valence-corrected chi connectivity index (χ4v) is 6.28. The van der Waals surface area contributed by atoms with Gasteiger partial charge in [-0.1, -0.05) is 168 Å². The van der Waals surface area contributed by atoms with Crippen LogP contribution in [0.4, 0.5) is 0 Å². The summed E-state index contributed by atoms with van der Waals surface area (Å²) in [5, 5.41) is 9.61. The quantitative estimate of drug-likeness (QED) is 0.0328. The topological polar surface area (TPSA) is 72.8 Å². The van der Waals surface area contributed by atoms with E-state index in [9.17, 15) is 14.7 Å². The predicted molar refractivity (Wildman–Crippen MR) is 190 cm³/mol. The number of esters is 2. The van der Waals surface area contributed by atoms with Crippen molar-refractivity contribution in [3.8, 4) is 0 Å². The summed E-state index contributed by atoms with van der Waals surface area (Å²) in [6, 6.07) is 0. The minimum absolute atomic E-state index is 0.0282. The molecule has 0 aromatic rings. The van der Waals surface area contributed by atoms with E-state index in [1.54, 1.807) is 0 Å². The summed E-state index contributed by atoms with van der Waals surface area (Å²) < 4.78 is 11.9. The van der Waals surface area contributed by atoms with Crippen LogP contribution in [-0.2, 0) is 19.1 Å². The summed E-state index contributed by atoms with van der Waals surface area (Å²) in [6.07, 6.45) is 32.5. The average molecular weight is 641 g/mol. The summed E-state index contributed by atoms with van der Waals surface area (Å²) in [4.78, 5) is 25.4. The number of hydrogen-bond acceptors (Lipinski definition) is 5. The zero-order valence-corrected chi connectivity index (χ0v) is 30.9. The number of unbranched alkanes of at least 4 members (excludes halogenated alkanes) is 24. The molecule has 0 bridgehead atoms. The van der Waals surface area contributed by atoms with E-state index in [-0.39, 0.29) is 23.0 Å². The molecule has 6 nitrogen and oxygen atoms in total. The first-order valence-corrected chi connectivity index (χ1v) is 19.6. The van der Waals surface area contributed by atoms with Gasteiger partial charge in [0.2, 0.25) is 0 Å². The number of nitrogens with zero attached hydrogens (tertiary/aromatic N) is 1. The van der Waals surface area contributed by atoms with Crippen molar-refractivity contribution in [2.45, 2.75) is 213 Å². The van der Waals surface area contributed by atoms with Crippen LogP contribution in [0, 0.1) is 0 Å². The molecular weight excluding hydrogens is 562 g/mol. The van der Waals surface area contributed by atoms with Gasteiger partial charge in [-0.15, -0.1) is 0 Å². The van der Waals surface area contributed by atoms with Gasteiger partial charge in [-0.2, -0.15) is 0 Å². The molecule has 45 heavy (non-hydrogen) atoms. The fraction of sp³-hybridized carbons (Fsp3) is 0.949. The van der Waals surface area contributed by atoms with Gasteiger partial charge in [0.15, 0.2) is 6.10 Å². The molecule has 1 N–H and O–H groups in total. The molecule has 268 valence electrons. The number of quaternary nitrogens is 1. The van der Waals surface area contributed by atoms with Gasteiger partial charge in [-0.05, 0) is 19.8 Å². The van der Waals surface area contributed by atoms with Gasteiger partial charge in [0, 0.05) is 12.8 Å². The van der Waals surface area contributed by atoms with Gasteiger partial charge in [0.05, 0.1) is 20.7 Å². The fourth-order valence-electron chi connectivity index (χ4n) is 6.28. The molecule has 2 unspecified atom stereocenters. The highest BCUT2D eigenvalue weighted by Crippen LogP contribution is 2.19. The maximum absolute atomic E-state index is 12.8. The normalized spacial score (nSPS) is 13.1. The first-order chi connectivity index (χ1) is 21.8. The van der Waals surface area contributed by atoms with E-state index in [0.717, 1.165) is 32.1 Å². The molecule has 6 heteroatoms. The maximum Gasteiger partial charge on any atom is 0.310 e. The van der Waals surface area contributed by atoms with Gasteiger partial charge < -0.3 is 14.6 Å². The Balaban J connectivity index is 4.15. The minimum Gasteiger partial charge on any atom is -0.452 e. The van der Waals surface area contributed by atoms with Crippen molar-refractivity contribution in [1.82, 2.24) is 0 Å². The highest BCUT2D eigenvalue weighted by Gasteiger charge is 2.38. The largest absolute Gasteiger partial charge is 0.452 e. The summed E-state index contributed by atoms with van der Waals surface area (Å²) in [5.74, 6) is -0.473. The van der Waals surface area contributed by atoms with E-state index in [1.807, 2.05) is 21.0 Å². The summed E-state index contributed by atoms with van der Waals surface area (Å²) in [5.41, 5.74) is 0. The Kier molecular flexibility index (Phi) is 30.7. The third-order valence-corrected chi connectivity index (χ3v) is 9.31. The first-order valence-electron chi connectivity index (χ1n) is 19.6. The molecule has 0 aromatic heterocycles. The van der Waals surface area contributed by atoms with Crippen LogP contribution < -0.4 is 0 Å². The Morgan fingerprint density at radius 2 is 0.800 bits per heavy atom. The zero-order chi connectivity index (χ0) is 33.4. The van der Waals surface area contributed by atoms with Crippen LogP contribution >= 0.6 is 0 Å². The van der Waals surface area contributed by atoms with Gasteiger partial charge in [-0.25, -0.2) is 0 Å². The van der Waals surface area contributed by atoms with Gasteiger partial charge in [0.1, 0.15) is 6.54 Å². The highest BCUT2D eigenvalue weighted by atomic mass is 16.6. The van der Waals surface area contributed by atoms with Crippen molar-refractivity contribution in [2.24, 2.45) is 0 Å². The van der Waals surface area contributed by atoms with E-state index < -0.39 is 12.3 Å². The van der Waals surface area contributed by atoms with E-state index in [0.29, 0.717) is 19.4 Å². The monoisotopic (exact) mass is 641 g/mol. The van der Waals surface area contributed by atoms with Crippen LogP contribution in [0.15, 0.2) is 0 Å². The molecule has 0 saturated carbocycles. The van der Waals surface area contributed by atoms with Crippen molar-refractivity contribution in [2.75, 3.05) is 27.2 Å². The molecule has 0 spiro atoms. The number of likely N-dealkylation sites (N-methyl/N-ethyl adjacent to an activating group) is 1. The Hall–Kier alpha value is -1.14. The van der Waals surface area contributed by atoms with Crippen molar-refractivity contribution in [3.05, 3.63) is 0 Å². The SMILES string of the molecule is CCCCCCCCCCCCCCCC(=O)OC(C)C(OC(=O)CCCCCCCCCCCCCCC)[N+](C)(C)CCO. The molecule has 0 saturated heterocycles. The van der Waals surface area contributed by atoms with Crippen LogP contribution in [0.1, 0.15) is 201 Å². The second kappa shape index (κ2) is 31.5. The average Bonchev–Trinajstić information content (AvgIpc) is 3.00. The molecule has 0 fully saturated rings. The number of ether oxygens (including phenoxy) is 2. The Bertz CT molecular complexity index is 668. The van der Waals surface area contributed by atoms with E-state index in [2.05, 4.69) is 13.8 Å². The Morgan fingerprint density at radius 3 is 1.11 bits per heavy atom. The molecule has 0 heterocycles. The highest BCUT2D eigenvalue weighted by molar-refractivity contribution is 5.70. The van der Waals surface area contributed by atoms with E-state index >= 15 is 0 Å². The number of hydrogen-bond donors (Lipinski definition) is 1. The molecule has 0 radical (unpaired) electrons. The van der Waals surface area contributed by atoms with Crippen LogP contribution in [0.3, 0.4) is 0 Å². The third-order valence-electron chi connectivity index (χ3n) is 9.31. The predicted octanol–water partition coefficient (Wildman–Crippen LogP) is 10.8. The lowest BCUT2D eigenvalue weighted by atomic mass is 10.0. The first kappa shape index (κ1) is 43.9. The van der Waals surface area contributed by atoms with Crippen LogP contribution in [-0.4, -0.2) is 61.1 Å². The number of carbonyl (C=O) groups excluding carboxylic acids is 2. The molecule has 0 amide bonds. The molecule has 0 aliphatic carbocycles. The summed E-state index contributed by atoms with van der Waals surface area (Å²) in [7, 11) is 3.83. The second-order valence-electron chi connectivity index (χ2n) is 14.3. The molecule has 0 aromatic carbocycles. The Morgan fingerprint density at radius 1 is 0.511 bits per heavy atom. The lowest BCUT2D eigenvalue weighted by molar-refractivity contribution is -0.938. The van der Waals surface area contributed by atoms with E-state index in [4.69, 9.17) is 9.47 Å². The summed E-state index contributed by atoms with van der Waals surface area (Å²) in [6.45, 7) is 6.72. The number of carbonyl (C=O) groups is 2. The molecule has 0 aliphatic rings. The van der Waals surface area contributed by atoms with Crippen LogP contribution in [0.2, 0.25) is 0 Å². The van der Waals surface area contributed by atoms with E-state index in [1.165, 1.54) is 135 Å². The Labute approximate surface area is 280 Å². The summed E-state index contributed by atoms with van der Waals surface area (Å²) >= 11 is 0. The molecule has 0 aliphatic heterocycles. The molecular formula is C39H78NO5+. The van der Waals surface area contributed by atoms with Gasteiger partial charge >= 0.3 is 11.9 Å². The molecule has 0 rings (SSSR count). The molecule has 2 atom stereocenters.